The first-order valence-electron chi connectivity index (χ1n) is 15.7. The van der Waals surface area contributed by atoms with Crippen LogP contribution < -0.4 is 0 Å². The first-order valence-corrected chi connectivity index (χ1v) is 18.3. The first kappa shape index (κ1) is 25.8. The van der Waals surface area contributed by atoms with Gasteiger partial charge in [-0.15, -0.1) is 0 Å². The molecule has 6 aromatic carbocycles. The Morgan fingerprint density at radius 2 is 1.36 bits per heavy atom. The summed E-state index contributed by atoms with van der Waals surface area (Å²) in [6.07, 6.45) is 3.87. The maximum absolute atomic E-state index is 5.04. The predicted octanol–water partition coefficient (Wildman–Crippen LogP) is 11.3. The Morgan fingerprint density at radius 1 is 0.574 bits per heavy atom. The van der Waals surface area contributed by atoms with Gasteiger partial charge in [0.1, 0.15) is 0 Å². The van der Waals surface area contributed by atoms with Gasteiger partial charge in [0, 0.05) is 11.6 Å². The molecule has 0 aliphatic heterocycles. The summed E-state index contributed by atoms with van der Waals surface area (Å²) < 4.78 is 7.99. The van der Waals surface area contributed by atoms with Gasteiger partial charge in [-0.3, -0.25) is 4.98 Å². The molecule has 0 N–H and O–H groups in total. The van der Waals surface area contributed by atoms with E-state index < -0.39 is 0 Å². The monoisotopic (exact) mass is 681 g/mol. The summed E-state index contributed by atoms with van der Waals surface area (Å²) in [5, 5.41) is 10.1. The number of fused-ring (bicyclic) bond motifs is 13. The second-order valence-corrected chi connectivity index (χ2v) is 15.5. The zero-order chi connectivity index (χ0) is 30.6. The van der Waals surface area contributed by atoms with Gasteiger partial charge in [-0.25, -0.2) is 0 Å². The van der Waals surface area contributed by atoms with Gasteiger partial charge in [0.25, 0.3) is 0 Å². The van der Waals surface area contributed by atoms with Crippen LogP contribution in [-0.2, 0) is 0 Å². The Labute approximate surface area is 278 Å². The van der Waals surface area contributed by atoms with Gasteiger partial charge in [0.15, 0.2) is 0 Å². The molecule has 11 aromatic rings. The zero-order valence-electron chi connectivity index (χ0n) is 24.9. The van der Waals surface area contributed by atoms with E-state index >= 15 is 0 Å². The van der Waals surface area contributed by atoms with E-state index in [9.17, 15) is 0 Å². The summed E-state index contributed by atoms with van der Waals surface area (Å²) in [4.78, 5) is 9.71. The maximum atomic E-state index is 5.04. The molecule has 5 heteroatoms. The second-order valence-electron chi connectivity index (χ2n) is 12.2. The minimum absolute atomic E-state index is 0.350. The molecule has 5 heterocycles. The average molecular weight is 681 g/mol. The summed E-state index contributed by atoms with van der Waals surface area (Å²) in [5.74, 6) is 0. The van der Waals surface area contributed by atoms with Crippen molar-refractivity contribution in [2.75, 3.05) is 0 Å². The molecule has 0 saturated heterocycles. The van der Waals surface area contributed by atoms with E-state index in [0.29, 0.717) is 14.5 Å². The molecule has 0 bridgehead atoms. The number of aromatic nitrogens is 3. The summed E-state index contributed by atoms with van der Waals surface area (Å²) in [6.45, 7) is 0. The molecule has 0 radical (unpaired) electrons. The minimum atomic E-state index is 0.350. The number of para-hydroxylation sites is 1. The van der Waals surface area contributed by atoms with Crippen molar-refractivity contribution in [2.45, 2.75) is 0 Å². The Morgan fingerprint density at radius 3 is 2.32 bits per heavy atom. The van der Waals surface area contributed by atoms with E-state index in [4.69, 9.17) is 4.98 Å². The summed E-state index contributed by atoms with van der Waals surface area (Å²) in [5.41, 5.74) is 7.92. The summed E-state index contributed by atoms with van der Waals surface area (Å²) in [7, 11) is 0. The van der Waals surface area contributed by atoms with Crippen LogP contribution in [0.2, 0.25) is 0 Å². The standard InChI is InChI=1S/C42H23N3SSe/c1-4-12-34-28(9-1)33-22-31(25-17-18-37-32(21-25)29-10-3-6-14-36(29)47-37)38-30-11-2-5-13-35(30)46-42(38)41(33)45(34)27-20-26-16-15-24-8-7-19-43-39(24)40(26)44-23-27/h1-23H. The first-order chi connectivity index (χ1) is 23.3. The molecule has 0 amide bonds. The van der Waals surface area contributed by atoms with Crippen LogP contribution in [0, 0.1) is 0 Å². The van der Waals surface area contributed by atoms with Gasteiger partial charge in [-0.2, -0.15) is 0 Å². The van der Waals surface area contributed by atoms with E-state index in [1.807, 2.05) is 29.8 Å². The topological polar surface area (TPSA) is 30.7 Å². The Kier molecular flexibility index (Phi) is 5.27. The number of nitrogens with zero attached hydrogens (tertiary/aromatic N) is 3. The normalized spacial score (nSPS) is 12.3. The number of thiophene rings is 1. The van der Waals surface area contributed by atoms with Gasteiger partial charge < -0.3 is 0 Å². The molecule has 0 fully saturated rings. The number of rotatable bonds is 2. The van der Waals surface area contributed by atoms with Crippen molar-refractivity contribution in [1.29, 1.82) is 0 Å². The fraction of sp³-hybridized carbons (Fsp3) is 0. The Balaban J connectivity index is 1.27. The number of pyridine rings is 2. The molecule has 5 aromatic heterocycles. The smallest absolute Gasteiger partial charge is 0.0966 e. The molecule has 0 spiro atoms. The minimum Gasteiger partial charge on any atom is 0.0966 e. The SMILES string of the molecule is c1cnc2c(c1)ccc1cc(-n3c4ccccc4c4cc(-c5ccc6[se]c7ccccc7c6c5)c5c6ccccc6sc5c43)cnc12. The van der Waals surface area contributed by atoms with Crippen LogP contribution in [-0.4, -0.2) is 29.0 Å². The van der Waals surface area contributed by atoms with Gasteiger partial charge in [0.2, 0.25) is 0 Å². The Hall–Kier alpha value is -5.32. The average Bonchev–Trinajstić information content (AvgIpc) is 3.80. The molecule has 0 atom stereocenters. The quantitative estimate of drug-likeness (QED) is 0.134. The van der Waals surface area contributed by atoms with E-state index in [1.54, 1.807) is 0 Å². The molecular weight excluding hydrogens is 658 g/mol. The molecule has 0 aliphatic carbocycles. The van der Waals surface area contributed by atoms with Crippen LogP contribution in [0.5, 0.6) is 0 Å². The fourth-order valence-corrected chi connectivity index (χ4v) is 11.1. The van der Waals surface area contributed by atoms with Crippen molar-refractivity contribution in [2.24, 2.45) is 0 Å². The molecular formula is C42H23N3SSe. The van der Waals surface area contributed by atoms with E-state index in [2.05, 4.69) is 131 Å². The fourth-order valence-electron chi connectivity index (χ4n) is 7.57. The molecule has 0 unspecified atom stereocenters. The predicted molar refractivity (Wildman–Crippen MR) is 202 cm³/mol. The van der Waals surface area contributed by atoms with Crippen molar-refractivity contribution in [3.8, 4) is 16.8 Å². The third-order valence-electron chi connectivity index (χ3n) is 9.64. The number of hydrogen-bond acceptors (Lipinski definition) is 3. The van der Waals surface area contributed by atoms with Crippen LogP contribution in [0.15, 0.2) is 140 Å². The number of benzene rings is 6. The molecule has 47 heavy (non-hydrogen) atoms. The molecule has 11 rings (SSSR count). The Bertz CT molecular complexity index is 3090. The molecule has 3 nitrogen and oxygen atoms in total. The van der Waals surface area contributed by atoms with Crippen molar-refractivity contribution < 1.29 is 0 Å². The number of hydrogen-bond donors (Lipinski definition) is 0. The summed E-state index contributed by atoms with van der Waals surface area (Å²) in [6, 6.07) is 46.9. The van der Waals surface area contributed by atoms with Gasteiger partial charge >= 0.3 is 228 Å². The van der Waals surface area contributed by atoms with Gasteiger partial charge in [-0.05, 0) is 6.07 Å². The van der Waals surface area contributed by atoms with Crippen molar-refractivity contribution in [3.05, 3.63) is 140 Å². The van der Waals surface area contributed by atoms with E-state index in [0.717, 1.165) is 27.5 Å². The second kappa shape index (κ2) is 9.60. The van der Waals surface area contributed by atoms with Crippen LogP contribution >= 0.6 is 11.3 Å². The van der Waals surface area contributed by atoms with E-state index in [1.165, 1.54) is 72.4 Å². The zero-order valence-corrected chi connectivity index (χ0v) is 27.5. The molecule has 0 saturated carbocycles. The third kappa shape index (κ3) is 3.62. The van der Waals surface area contributed by atoms with Crippen LogP contribution in [0.4, 0.5) is 0 Å². The van der Waals surface area contributed by atoms with Crippen molar-refractivity contribution in [1.82, 2.24) is 14.5 Å². The van der Waals surface area contributed by atoms with Gasteiger partial charge in [-0.1, -0.05) is 18.2 Å². The van der Waals surface area contributed by atoms with Gasteiger partial charge in [0.05, 0.1) is 11.0 Å². The van der Waals surface area contributed by atoms with Crippen LogP contribution in [0.3, 0.4) is 0 Å². The van der Waals surface area contributed by atoms with Crippen molar-refractivity contribution in [3.63, 3.8) is 0 Å². The summed E-state index contributed by atoms with van der Waals surface area (Å²) >= 11 is 2.25. The van der Waals surface area contributed by atoms with Crippen molar-refractivity contribution >= 4 is 109 Å². The molecule has 0 aliphatic rings. The van der Waals surface area contributed by atoms with E-state index in [-0.39, 0.29) is 0 Å². The van der Waals surface area contributed by atoms with Crippen LogP contribution in [0.1, 0.15) is 0 Å². The third-order valence-corrected chi connectivity index (χ3v) is 13.2. The molecule has 218 valence electrons. The van der Waals surface area contributed by atoms with Crippen LogP contribution in [0.25, 0.3) is 99.9 Å².